The van der Waals surface area contributed by atoms with Crippen molar-refractivity contribution >= 4 is 17.8 Å². The minimum absolute atomic E-state index is 0.0855. The van der Waals surface area contributed by atoms with Crippen LogP contribution in [0.15, 0.2) is 0 Å². The summed E-state index contributed by atoms with van der Waals surface area (Å²) in [6.07, 6.45) is 4.90. The molecule has 2 unspecified atom stereocenters. The molecule has 2 fully saturated rings. The molecule has 0 aromatic carbocycles. The number of nitrogens with one attached hydrogen (secondary N) is 1. The number of hydrogen-bond donors (Lipinski definition) is 1. The summed E-state index contributed by atoms with van der Waals surface area (Å²) >= 11 is 0. The van der Waals surface area contributed by atoms with Crippen LogP contribution in [0.1, 0.15) is 39.0 Å². The summed E-state index contributed by atoms with van der Waals surface area (Å²) in [6.45, 7) is 2.12. The van der Waals surface area contributed by atoms with Gasteiger partial charge in [0.05, 0.1) is 0 Å². The maximum Gasteiger partial charge on any atom is 0.331 e. The molecule has 4 amide bonds. The van der Waals surface area contributed by atoms with Crippen molar-refractivity contribution in [3.8, 4) is 0 Å². The van der Waals surface area contributed by atoms with Crippen molar-refractivity contribution in [1.82, 2.24) is 10.2 Å². The predicted molar refractivity (Wildman–Crippen MR) is 56.4 cm³/mol. The molecule has 0 radical (unpaired) electrons. The van der Waals surface area contributed by atoms with E-state index in [0.29, 0.717) is 5.92 Å². The minimum atomic E-state index is -0.788. The van der Waals surface area contributed by atoms with Crippen LogP contribution in [-0.4, -0.2) is 28.8 Å². The van der Waals surface area contributed by atoms with Crippen LogP contribution in [0, 0.1) is 5.92 Å². The van der Waals surface area contributed by atoms with Crippen LogP contribution >= 0.6 is 0 Å². The Hall–Kier alpha value is -1.39. The Kier molecular flexibility index (Phi) is 2.94. The van der Waals surface area contributed by atoms with E-state index in [1.165, 1.54) is 0 Å². The number of nitrogens with zero attached hydrogens (tertiary/aromatic N) is 1. The molecule has 1 aliphatic heterocycles. The van der Waals surface area contributed by atoms with Crippen LogP contribution in [0.25, 0.3) is 0 Å². The van der Waals surface area contributed by atoms with E-state index in [1.807, 2.05) is 5.32 Å². The smallest absolute Gasteiger partial charge is 0.269 e. The van der Waals surface area contributed by atoms with Gasteiger partial charge in [-0.1, -0.05) is 26.2 Å². The first-order valence-electron chi connectivity index (χ1n) is 5.82. The Morgan fingerprint density at radius 1 is 1.31 bits per heavy atom. The highest BCUT2D eigenvalue weighted by molar-refractivity contribution is 6.44. The Labute approximate surface area is 94.2 Å². The first-order valence-corrected chi connectivity index (χ1v) is 5.82. The highest BCUT2D eigenvalue weighted by atomic mass is 16.2. The molecule has 1 heterocycles. The maximum atomic E-state index is 11.5. The molecule has 0 spiro atoms. The fourth-order valence-corrected chi connectivity index (χ4v) is 2.61. The van der Waals surface area contributed by atoms with Crippen LogP contribution in [0.5, 0.6) is 0 Å². The van der Waals surface area contributed by atoms with Gasteiger partial charge in [0, 0.05) is 6.04 Å². The lowest BCUT2D eigenvalue weighted by Crippen LogP contribution is -2.43. The summed E-state index contributed by atoms with van der Waals surface area (Å²) in [5.74, 6) is -0.912. The molecule has 0 aromatic rings. The van der Waals surface area contributed by atoms with E-state index in [1.54, 1.807) is 0 Å². The van der Waals surface area contributed by atoms with Crippen LogP contribution in [0.4, 0.5) is 4.79 Å². The van der Waals surface area contributed by atoms with E-state index in [9.17, 15) is 14.4 Å². The average Bonchev–Trinajstić information content (AvgIpc) is 2.53. The zero-order valence-electron chi connectivity index (χ0n) is 9.36. The normalized spacial score (nSPS) is 30.8. The predicted octanol–water partition coefficient (Wildman–Crippen LogP) is 1.03. The number of imide groups is 2. The molecule has 0 bridgehead atoms. The zero-order chi connectivity index (χ0) is 11.7. The van der Waals surface area contributed by atoms with Crippen molar-refractivity contribution in [2.24, 2.45) is 5.92 Å². The Morgan fingerprint density at radius 2 is 2.06 bits per heavy atom. The zero-order valence-corrected chi connectivity index (χ0v) is 9.36. The van der Waals surface area contributed by atoms with Gasteiger partial charge in [-0.3, -0.25) is 19.8 Å². The number of urea groups is 1. The van der Waals surface area contributed by atoms with Gasteiger partial charge in [0.1, 0.15) is 0 Å². The molecule has 0 aromatic heterocycles. The van der Waals surface area contributed by atoms with E-state index in [2.05, 4.69) is 6.92 Å². The number of amides is 4. The quantitative estimate of drug-likeness (QED) is 0.562. The van der Waals surface area contributed by atoms with Crippen LogP contribution in [0.3, 0.4) is 0 Å². The van der Waals surface area contributed by atoms with E-state index in [-0.39, 0.29) is 6.04 Å². The van der Waals surface area contributed by atoms with Crippen LogP contribution in [-0.2, 0) is 9.59 Å². The van der Waals surface area contributed by atoms with E-state index >= 15 is 0 Å². The van der Waals surface area contributed by atoms with Crippen LogP contribution in [0.2, 0.25) is 0 Å². The van der Waals surface area contributed by atoms with Gasteiger partial charge in [-0.15, -0.1) is 0 Å². The lowest BCUT2D eigenvalue weighted by molar-refractivity contribution is -0.141. The van der Waals surface area contributed by atoms with Crippen molar-refractivity contribution in [3.63, 3.8) is 0 Å². The maximum absolute atomic E-state index is 11.5. The SMILES string of the molecule is CCC1CCCC(N2C(=O)NC(=O)C2=O)C1. The summed E-state index contributed by atoms with van der Waals surface area (Å²) in [4.78, 5) is 35.1. The van der Waals surface area contributed by atoms with E-state index in [4.69, 9.17) is 0 Å². The van der Waals surface area contributed by atoms with Crippen molar-refractivity contribution < 1.29 is 14.4 Å². The molecular weight excluding hydrogens is 208 g/mol. The Bertz CT molecular complexity index is 340. The molecule has 2 rings (SSSR count). The molecule has 16 heavy (non-hydrogen) atoms. The first-order chi connectivity index (χ1) is 7.63. The second-order valence-corrected chi connectivity index (χ2v) is 4.53. The molecular formula is C11H16N2O3. The Morgan fingerprint density at radius 3 is 2.62 bits per heavy atom. The first kappa shape index (κ1) is 11.1. The lowest BCUT2D eigenvalue weighted by atomic mass is 9.83. The van der Waals surface area contributed by atoms with E-state index < -0.39 is 17.8 Å². The second-order valence-electron chi connectivity index (χ2n) is 4.53. The fraction of sp³-hybridized carbons (Fsp3) is 0.727. The summed E-state index contributed by atoms with van der Waals surface area (Å²) < 4.78 is 0. The summed E-state index contributed by atoms with van der Waals surface area (Å²) in [7, 11) is 0. The summed E-state index contributed by atoms with van der Waals surface area (Å²) in [5, 5.41) is 2.05. The van der Waals surface area contributed by atoms with Gasteiger partial charge in [0.2, 0.25) is 0 Å². The van der Waals surface area contributed by atoms with Crippen molar-refractivity contribution in [2.75, 3.05) is 0 Å². The fourth-order valence-electron chi connectivity index (χ4n) is 2.61. The summed E-state index contributed by atoms with van der Waals surface area (Å²) in [6, 6.07) is -0.630. The van der Waals surface area contributed by atoms with Gasteiger partial charge in [-0.05, 0) is 18.8 Å². The number of carbonyl (C=O) groups is 3. The largest absolute Gasteiger partial charge is 0.331 e. The number of hydrogen-bond acceptors (Lipinski definition) is 3. The van der Waals surface area contributed by atoms with Gasteiger partial charge in [0.25, 0.3) is 0 Å². The van der Waals surface area contributed by atoms with Gasteiger partial charge < -0.3 is 0 Å². The third-order valence-electron chi connectivity index (χ3n) is 3.55. The van der Waals surface area contributed by atoms with Crippen molar-refractivity contribution in [2.45, 2.75) is 45.1 Å². The highest BCUT2D eigenvalue weighted by Crippen LogP contribution is 2.30. The molecule has 5 nitrogen and oxygen atoms in total. The average molecular weight is 224 g/mol. The Balaban J connectivity index is 2.09. The molecule has 1 aliphatic carbocycles. The standard InChI is InChI=1S/C11H16N2O3/c1-2-7-4-3-5-8(6-7)13-10(15)9(14)12-11(13)16/h7-8H,2-6H2,1H3,(H,12,14,16). The number of carbonyl (C=O) groups excluding carboxylic acids is 3. The highest BCUT2D eigenvalue weighted by Gasteiger charge is 2.42. The molecule has 2 atom stereocenters. The molecule has 1 saturated heterocycles. The van der Waals surface area contributed by atoms with Crippen LogP contribution < -0.4 is 5.32 Å². The molecule has 1 N–H and O–H groups in total. The second kappa shape index (κ2) is 4.23. The van der Waals surface area contributed by atoms with Gasteiger partial charge in [-0.25, -0.2) is 4.79 Å². The van der Waals surface area contributed by atoms with E-state index in [0.717, 1.165) is 37.0 Å². The minimum Gasteiger partial charge on any atom is -0.269 e. The van der Waals surface area contributed by atoms with Gasteiger partial charge >= 0.3 is 17.8 Å². The number of rotatable bonds is 2. The molecule has 2 aliphatic rings. The molecule has 88 valence electrons. The summed E-state index contributed by atoms with van der Waals surface area (Å²) in [5.41, 5.74) is 0. The van der Waals surface area contributed by atoms with Gasteiger partial charge in [0.15, 0.2) is 0 Å². The molecule has 5 heteroatoms. The van der Waals surface area contributed by atoms with Crippen molar-refractivity contribution in [1.29, 1.82) is 0 Å². The topological polar surface area (TPSA) is 66.5 Å². The third-order valence-corrected chi connectivity index (χ3v) is 3.55. The lowest BCUT2D eigenvalue weighted by Gasteiger charge is -2.32. The third kappa shape index (κ3) is 1.81. The van der Waals surface area contributed by atoms with Gasteiger partial charge in [-0.2, -0.15) is 0 Å². The van der Waals surface area contributed by atoms with Crippen molar-refractivity contribution in [3.05, 3.63) is 0 Å². The monoisotopic (exact) mass is 224 g/mol. The molecule has 1 saturated carbocycles.